The SMILES string of the molecule is Cc1cccc2cc(C#N)c(SCC(=O)Nc3ccc4c(c3)OCCO4)nc12. The van der Waals surface area contributed by atoms with Crippen molar-refractivity contribution < 1.29 is 14.3 Å². The largest absolute Gasteiger partial charge is 0.486 e. The van der Waals surface area contributed by atoms with Crippen LogP contribution >= 0.6 is 11.8 Å². The number of benzene rings is 2. The molecule has 28 heavy (non-hydrogen) atoms. The Kier molecular flexibility index (Phi) is 5.04. The van der Waals surface area contributed by atoms with Crippen molar-refractivity contribution in [1.82, 2.24) is 4.98 Å². The van der Waals surface area contributed by atoms with E-state index in [1.54, 1.807) is 18.2 Å². The Labute approximate surface area is 166 Å². The van der Waals surface area contributed by atoms with Gasteiger partial charge in [0.1, 0.15) is 24.3 Å². The highest BCUT2D eigenvalue weighted by molar-refractivity contribution is 8.00. The van der Waals surface area contributed by atoms with Crippen LogP contribution in [0.2, 0.25) is 0 Å². The molecule has 0 spiro atoms. The van der Waals surface area contributed by atoms with Gasteiger partial charge in [0.2, 0.25) is 5.91 Å². The van der Waals surface area contributed by atoms with Gasteiger partial charge in [-0.3, -0.25) is 4.79 Å². The highest BCUT2D eigenvalue weighted by atomic mass is 32.2. The third-order valence-corrected chi connectivity index (χ3v) is 5.29. The fraction of sp³-hybridized carbons (Fsp3) is 0.190. The van der Waals surface area contributed by atoms with E-state index in [1.807, 2.05) is 31.2 Å². The average Bonchev–Trinajstić information content (AvgIpc) is 2.72. The van der Waals surface area contributed by atoms with Gasteiger partial charge >= 0.3 is 0 Å². The van der Waals surface area contributed by atoms with E-state index in [0.717, 1.165) is 16.5 Å². The number of anilines is 1. The molecule has 7 heteroatoms. The van der Waals surface area contributed by atoms with Gasteiger partial charge in [0, 0.05) is 17.1 Å². The van der Waals surface area contributed by atoms with Gasteiger partial charge in [-0.05, 0) is 30.7 Å². The van der Waals surface area contributed by atoms with Crippen LogP contribution in [0.15, 0.2) is 47.5 Å². The van der Waals surface area contributed by atoms with E-state index in [-0.39, 0.29) is 11.7 Å². The molecule has 0 saturated heterocycles. The Morgan fingerprint density at radius 3 is 2.86 bits per heavy atom. The molecule has 6 nitrogen and oxygen atoms in total. The van der Waals surface area contributed by atoms with Crippen molar-refractivity contribution in [2.45, 2.75) is 11.9 Å². The molecule has 0 saturated carbocycles. The maximum Gasteiger partial charge on any atom is 0.234 e. The van der Waals surface area contributed by atoms with E-state index in [2.05, 4.69) is 16.4 Å². The zero-order valence-electron chi connectivity index (χ0n) is 15.2. The molecule has 2 heterocycles. The monoisotopic (exact) mass is 391 g/mol. The van der Waals surface area contributed by atoms with E-state index < -0.39 is 0 Å². The number of rotatable bonds is 4. The molecule has 1 aromatic heterocycles. The third kappa shape index (κ3) is 3.73. The summed E-state index contributed by atoms with van der Waals surface area (Å²) >= 11 is 1.25. The van der Waals surface area contributed by atoms with Crippen LogP contribution in [0, 0.1) is 18.3 Å². The molecule has 0 fully saturated rings. The zero-order chi connectivity index (χ0) is 19.5. The second-order valence-corrected chi connectivity index (χ2v) is 7.26. The van der Waals surface area contributed by atoms with E-state index in [0.29, 0.717) is 41.0 Å². The van der Waals surface area contributed by atoms with E-state index in [9.17, 15) is 10.1 Å². The van der Waals surface area contributed by atoms with Crippen LogP contribution in [-0.4, -0.2) is 29.9 Å². The number of thioether (sulfide) groups is 1. The van der Waals surface area contributed by atoms with Crippen LogP contribution in [0.3, 0.4) is 0 Å². The maximum absolute atomic E-state index is 12.4. The molecule has 1 N–H and O–H groups in total. The van der Waals surface area contributed by atoms with Crippen molar-refractivity contribution in [2.75, 3.05) is 24.3 Å². The number of aryl methyl sites for hydroxylation is 1. The molecule has 0 aliphatic carbocycles. The van der Waals surface area contributed by atoms with Gasteiger partial charge in [0.25, 0.3) is 0 Å². The number of pyridine rings is 1. The van der Waals surface area contributed by atoms with Gasteiger partial charge in [-0.1, -0.05) is 30.0 Å². The predicted octanol–water partition coefficient (Wildman–Crippen LogP) is 3.92. The van der Waals surface area contributed by atoms with E-state index in [1.165, 1.54) is 11.8 Å². The summed E-state index contributed by atoms with van der Waals surface area (Å²) in [5, 5.41) is 13.7. The molecule has 1 aliphatic rings. The summed E-state index contributed by atoms with van der Waals surface area (Å²) < 4.78 is 11.0. The molecule has 3 aromatic rings. The van der Waals surface area contributed by atoms with E-state index >= 15 is 0 Å². The molecular weight excluding hydrogens is 374 g/mol. The predicted molar refractivity (Wildman–Crippen MR) is 108 cm³/mol. The van der Waals surface area contributed by atoms with Gasteiger partial charge in [0.05, 0.1) is 16.8 Å². The van der Waals surface area contributed by atoms with Gasteiger partial charge in [-0.25, -0.2) is 4.98 Å². The molecule has 0 unspecified atom stereocenters. The van der Waals surface area contributed by atoms with Gasteiger partial charge in [-0.15, -0.1) is 0 Å². The summed E-state index contributed by atoms with van der Waals surface area (Å²) in [5.41, 5.74) is 2.98. The van der Waals surface area contributed by atoms with Gasteiger partial charge < -0.3 is 14.8 Å². The summed E-state index contributed by atoms with van der Waals surface area (Å²) in [7, 11) is 0. The first-order valence-corrected chi connectivity index (χ1v) is 9.75. The number of hydrogen-bond donors (Lipinski definition) is 1. The first-order valence-electron chi connectivity index (χ1n) is 8.77. The van der Waals surface area contributed by atoms with Gasteiger partial charge in [-0.2, -0.15) is 5.26 Å². The number of nitrogens with one attached hydrogen (secondary N) is 1. The van der Waals surface area contributed by atoms with Crippen molar-refractivity contribution in [3.63, 3.8) is 0 Å². The highest BCUT2D eigenvalue weighted by Crippen LogP contribution is 2.33. The first kappa shape index (κ1) is 18.1. The van der Waals surface area contributed by atoms with Crippen LogP contribution in [0.4, 0.5) is 5.69 Å². The van der Waals surface area contributed by atoms with Crippen LogP contribution in [0.25, 0.3) is 10.9 Å². The minimum absolute atomic E-state index is 0.146. The Morgan fingerprint density at radius 1 is 1.21 bits per heavy atom. The van der Waals surface area contributed by atoms with Crippen molar-refractivity contribution >= 4 is 34.3 Å². The zero-order valence-corrected chi connectivity index (χ0v) is 16.0. The average molecular weight is 391 g/mol. The molecule has 4 rings (SSSR count). The number of amides is 1. The van der Waals surface area contributed by atoms with Crippen LogP contribution in [0.5, 0.6) is 11.5 Å². The summed E-state index contributed by atoms with van der Waals surface area (Å²) in [6.07, 6.45) is 0. The fourth-order valence-electron chi connectivity index (χ4n) is 2.97. The smallest absolute Gasteiger partial charge is 0.234 e. The molecule has 1 aliphatic heterocycles. The number of fused-ring (bicyclic) bond motifs is 2. The van der Waals surface area contributed by atoms with E-state index in [4.69, 9.17) is 9.47 Å². The summed E-state index contributed by atoms with van der Waals surface area (Å²) in [4.78, 5) is 17.0. The Hall–Kier alpha value is -3.24. The lowest BCUT2D eigenvalue weighted by Gasteiger charge is -2.19. The van der Waals surface area contributed by atoms with Crippen molar-refractivity contribution in [1.29, 1.82) is 5.26 Å². The van der Waals surface area contributed by atoms with Crippen molar-refractivity contribution in [3.05, 3.63) is 53.6 Å². The molecule has 2 aromatic carbocycles. The molecule has 1 amide bonds. The molecule has 0 atom stereocenters. The molecular formula is C21H17N3O3S. The van der Waals surface area contributed by atoms with Crippen LogP contribution in [-0.2, 0) is 4.79 Å². The number of carbonyl (C=O) groups is 1. The molecule has 140 valence electrons. The Bertz CT molecular complexity index is 1110. The number of hydrogen-bond acceptors (Lipinski definition) is 6. The minimum atomic E-state index is -0.183. The molecule has 0 radical (unpaired) electrons. The lowest BCUT2D eigenvalue weighted by molar-refractivity contribution is -0.113. The number of carbonyl (C=O) groups excluding carboxylic acids is 1. The maximum atomic E-state index is 12.4. The minimum Gasteiger partial charge on any atom is -0.486 e. The van der Waals surface area contributed by atoms with Crippen molar-refractivity contribution in [3.8, 4) is 17.6 Å². The molecule has 0 bridgehead atoms. The number of aromatic nitrogens is 1. The Balaban J connectivity index is 1.47. The van der Waals surface area contributed by atoms with Gasteiger partial charge in [0.15, 0.2) is 11.5 Å². The second-order valence-electron chi connectivity index (χ2n) is 6.29. The summed E-state index contributed by atoms with van der Waals surface area (Å²) in [6.45, 7) is 2.99. The summed E-state index contributed by atoms with van der Waals surface area (Å²) in [6, 6.07) is 15.1. The fourth-order valence-corrected chi connectivity index (χ4v) is 3.73. The standard InChI is InChI=1S/C21H17N3O3S/c1-13-3-2-4-14-9-15(11-22)21(24-20(13)14)28-12-19(25)23-16-5-6-17-18(10-16)27-8-7-26-17/h2-6,9-10H,7-8,12H2,1H3,(H,23,25). The Morgan fingerprint density at radius 2 is 2.04 bits per heavy atom. The lowest BCUT2D eigenvalue weighted by Crippen LogP contribution is -2.17. The summed E-state index contributed by atoms with van der Waals surface area (Å²) in [5.74, 6) is 1.26. The number of nitriles is 1. The first-order chi connectivity index (χ1) is 13.6. The van der Waals surface area contributed by atoms with Crippen LogP contribution < -0.4 is 14.8 Å². The topological polar surface area (TPSA) is 84.2 Å². The number of para-hydroxylation sites is 1. The quantitative estimate of drug-likeness (QED) is 0.679. The number of ether oxygens (including phenoxy) is 2. The highest BCUT2D eigenvalue weighted by Gasteiger charge is 2.14. The van der Waals surface area contributed by atoms with Crippen LogP contribution in [0.1, 0.15) is 11.1 Å². The number of nitrogens with zero attached hydrogens (tertiary/aromatic N) is 2. The van der Waals surface area contributed by atoms with Crippen molar-refractivity contribution in [2.24, 2.45) is 0 Å². The second kappa shape index (κ2) is 7.79. The third-order valence-electron chi connectivity index (χ3n) is 4.30. The normalized spacial score (nSPS) is 12.4. The lowest BCUT2D eigenvalue weighted by atomic mass is 10.1.